The second-order valence-electron chi connectivity index (χ2n) is 7.43. The number of ether oxygens (including phenoxy) is 1. The monoisotopic (exact) mass is 421 g/mol. The van der Waals surface area contributed by atoms with Gasteiger partial charge in [0.1, 0.15) is 11.5 Å². The lowest BCUT2D eigenvalue weighted by Gasteiger charge is -2.20. The molecule has 4 radical (unpaired) electrons. The number of fused-ring (bicyclic) bond motifs is 1. The topological polar surface area (TPSA) is 39.4 Å². The molecule has 3 heterocycles. The van der Waals surface area contributed by atoms with Crippen molar-refractivity contribution in [1.29, 1.82) is 0 Å². The summed E-state index contributed by atoms with van der Waals surface area (Å²) in [5, 5.41) is 0.419. The number of hydrogen-bond acceptors (Lipinski definition) is 3. The molecule has 3 rings (SSSR count). The summed E-state index contributed by atoms with van der Waals surface area (Å²) in [6.07, 6.45) is 9.33. The number of pyridine rings is 2. The highest BCUT2D eigenvalue weighted by Crippen LogP contribution is 2.36. The molecule has 0 N–H and O–H groups in total. The van der Waals surface area contributed by atoms with E-state index in [-0.39, 0.29) is 0 Å². The number of rotatable bonds is 5. The maximum atomic E-state index is 6.22. The fraction of sp³-hybridized carbons (Fsp3) is 0.263. The van der Waals surface area contributed by atoms with Crippen LogP contribution in [0.25, 0.3) is 16.6 Å². The second-order valence-corrected chi connectivity index (χ2v) is 10.6. The van der Waals surface area contributed by atoms with Gasteiger partial charge in [0, 0.05) is 28.1 Å². The zero-order valence-corrected chi connectivity index (χ0v) is 19.3. The number of terminal acetylenes is 1. The highest BCUT2D eigenvalue weighted by molar-refractivity contribution is 7.43. The number of nitrogens with zero attached hydrogens (tertiary/aromatic N) is 3. The predicted octanol–water partition coefficient (Wildman–Crippen LogP) is 2.65. The lowest BCUT2D eigenvalue weighted by molar-refractivity contribution is 0.272. The molecule has 3 unspecified atom stereocenters. The van der Waals surface area contributed by atoms with Crippen molar-refractivity contribution in [2.24, 2.45) is 0 Å². The van der Waals surface area contributed by atoms with E-state index in [1.807, 2.05) is 42.6 Å². The van der Waals surface area contributed by atoms with Gasteiger partial charge in [0.15, 0.2) is 0 Å². The van der Waals surface area contributed by atoms with Crippen LogP contribution in [0.2, 0.25) is 5.31 Å². The molecule has 3 aromatic heterocycles. The van der Waals surface area contributed by atoms with Crippen molar-refractivity contribution in [3.05, 3.63) is 42.1 Å². The van der Waals surface area contributed by atoms with E-state index in [1.165, 1.54) is 0 Å². The first-order valence-electron chi connectivity index (χ1n) is 8.53. The minimum Gasteiger partial charge on any atom is -0.477 e. The van der Waals surface area contributed by atoms with E-state index >= 15 is 0 Å². The summed E-state index contributed by atoms with van der Waals surface area (Å²) in [4.78, 5) is 8.14. The van der Waals surface area contributed by atoms with E-state index in [2.05, 4.69) is 43.6 Å². The molecule has 0 saturated carbocycles. The number of aromatic nitrogens is 3. The molecule has 3 atom stereocenters. The van der Waals surface area contributed by atoms with Crippen LogP contribution in [0.3, 0.4) is 0 Å². The molecule has 138 valence electrons. The predicted molar refractivity (Wildman–Crippen MR) is 128 cm³/mol. The van der Waals surface area contributed by atoms with Crippen molar-refractivity contribution in [2.45, 2.75) is 24.0 Å². The third-order valence-electron chi connectivity index (χ3n) is 3.95. The Labute approximate surface area is 175 Å². The molecule has 3 aromatic rings. The van der Waals surface area contributed by atoms with Crippen molar-refractivity contribution in [1.82, 2.24) is 14.4 Å². The van der Waals surface area contributed by atoms with E-state index in [0.717, 1.165) is 21.9 Å². The zero-order chi connectivity index (χ0) is 20.7. The average Bonchev–Trinajstić information content (AvgIpc) is 2.98. The molecule has 28 heavy (non-hydrogen) atoms. The van der Waals surface area contributed by atoms with Crippen LogP contribution in [-0.4, -0.2) is 36.7 Å². The third kappa shape index (κ3) is 4.60. The van der Waals surface area contributed by atoms with Gasteiger partial charge in [-0.25, -0.2) is 9.97 Å². The van der Waals surface area contributed by atoms with E-state index in [9.17, 15) is 0 Å². The van der Waals surface area contributed by atoms with Crippen LogP contribution in [0.15, 0.2) is 30.6 Å². The fourth-order valence-electron chi connectivity index (χ4n) is 2.67. The molecule has 0 amide bonds. The molecule has 0 aromatic carbocycles. The summed E-state index contributed by atoms with van der Waals surface area (Å²) < 4.78 is 7.64. The van der Waals surface area contributed by atoms with Crippen molar-refractivity contribution >= 4 is 54.2 Å². The Morgan fingerprint density at radius 1 is 1.25 bits per heavy atom. The number of imidazole rings is 1. The Morgan fingerprint density at radius 3 is 2.54 bits per heavy atom. The maximum Gasteiger partial charge on any atom is 0.220 e. The molecule has 0 aliphatic heterocycles. The van der Waals surface area contributed by atoms with Gasteiger partial charge in [-0.05, 0) is 28.9 Å². The second kappa shape index (κ2) is 7.80. The first-order valence-corrected chi connectivity index (χ1v) is 10.3. The molecule has 4 nitrogen and oxygen atoms in total. The quantitative estimate of drug-likeness (QED) is 0.362. The van der Waals surface area contributed by atoms with Crippen LogP contribution in [0.1, 0.15) is 25.4 Å². The molecule has 0 bridgehead atoms. The average molecular weight is 421 g/mol. The first kappa shape index (κ1) is 21.3. The summed E-state index contributed by atoms with van der Waals surface area (Å²) in [5.74, 6) is 3.80. The third-order valence-corrected chi connectivity index (χ3v) is 4.88. The number of hydrogen-bond donors (Lipinski definition) is 0. The standard InChI is InChI=1S/C19H20B2N3OP3/c1-4-13-14-6-5-11(9-24(14)17(23-13)19(21,27)28)12-7-15(26)16(22-8-12)25-10-18(2,3)20/h1,5-9H,10,26-28H2,2-3H3. The Kier molecular flexibility index (Phi) is 5.94. The van der Waals surface area contributed by atoms with Crippen LogP contribution < -0.4 is 10.0 Å². The first-order chi connectivity index (χ1) is 13.0. The Bertz CT molecular complexity index is 1080. The largest absolute Gasteiger partial charge is 0.477 e. The van der Waals surface area contributed by atoms with E-state index in [0.29, 0.717) is 24.0 Å². The lowest BCUT2D eigenvalue weighted by Crippen LogP contribution is -2.17. The summed E-state index contributed by atoms with van der Waals surface area (Å²) in [7, 11) is 20.0. The Hall–Kier alpha value is -1.38. The van der Waals surface area contributed by atoms with Gasteiger partial charge in [0.25, 0.3) is 0 Å². The van der Waals surface area contributed by atoms with Crippen LogP contribution in [0.4, 0.5) is 0 Å². The summed E-state index contributed by atoms with van der Waals surface area (Å²) in [5.41, 5.74) is 3.27. The van der Waals surface area contributed by atoms with Gasteiger partial charge in [-0.1, -0.05) is 29.2 Å². The Morgan fingerprint density at radius 2 is 1.96 bits per heavy atom. The molecular weight excluding hydrogens is 401 g/mol. The van der Waals surface area contributed by atoms with Gasteiger partial charge in [-0.15, -0.1) is 24.9 Å². The van der Waals surface area contributed by atoms with Gasteiger partial charge in [-0.2, -0.15) is 0 Å². The zero-order valence-electron chi connectivity index (χ0n) is 15.8. The van der Waals surface area contributed by atoms with Gasteiger partial charge in [-0.3, -0.25) is 0 Å². The van der Waals surface area contributed by atoms with Crippen LogP contribution in [0, 0.1) is 12.3 Å². The summed E-state index contributed by atoms with van der Waals surface area (Å²) in [6.45, 7) is 4.18. The van der Waals surface area contributed by atoms with Crippen LogP contribution in [-0.2, 0) is 4.80 Å². The van der Waals surface area contributed by atoms with Crippen molar-refractivity contribution in [2.75, 3.05) is 6.61 Å². The Balaban J connectivity index is 2.02. The summed E-state index contributed by atoms with van der Waals surface area (Å²) in [6, 6.07) is 5.91. The van der Waals surface area contributed by atoms with Gasteiger partial charge >= 0.3 is 0 Å². The lowest BCUT2D eigenvalue weighted by atomic mass is 9.73. The van der Waals surface area contributed by atoms with Gasteiger partial charge < -0.3 is 9.14 Å². The maximum absolute atomic E-state index is 6.22. The van der Waals surface area contributed by atoms with E-state index < -0.39 is 10.1 Å². The van der Waals surface area contributed by atoms with Crippen LogP contribution >= 0.6 is 27.7 Å². The fourth-order valence-corrected chi connectivity index (χ4v) is 3.42. The summed E-state index contributed by atoms with van der Waals surface area (Å²) >= 11 is 0. The van der Waals surface area contributed by atoms with Gasteiger partial charge in [0.2, 0.25) is 5.88 Å². The molecule has 0 aliphatic carbocycles. The molecule has 0 fully saturated rings. The SMILES string of the molecule is [B]C(C)(C)COc1ncc(-c2ccc3c(C#C)nc(C([B])(P)P)n3c2)cc1P. The molecule has 9 heteroatoms. The molecule has 0 saturated heterocycles. The normalized spacial score (nSPS) is 12.1. The van der Waals surface area contributed by atoms with Crippen LogP contribution in [0.5, 0.6) is 5.88 Å². The van der Waals surface area contributed by atoms with Gasteiger partial charge in [0.05, 0.1) is 27.8 Å². The van der Waals surface area contributed by atoms with Crippen molar-refractivity contribution < 1.29 is 4.74 Å². The molecule has 0 aliphatic rings. The van der Waals surface area contributed by atoms with Crippen molar-refractivity contribution in [3.63, 3.8) is 0 Å². The smallest absolute Gasteiger partial charge is 0.220 e. The van der Waals surface area contributed by atoms with E-state index in [1.54, 1.807) is 6.20 Å². The molecule has 0 spiro atoms. The minimum absolute atomic E-state index is 0.376. The van der Waals surface area contributed by atoms with Crippen molar-refractivity contribution in [3.8, 4) is 29.4 Å². The molecular formula is C19H20B2N3OP3. The highest BCUT2D eigenvalue weighted by Gasteiger charge is 2.22. The van der Waals surface area contributed by atoms with E-state index in [4.69, 9.17) is 26.9 Å². The minimum atomic E-state index is -0.798. The highest BCUT2D eigenvalue weighted by atomic mass is 31.1.